The Kier molecular flexibility index (Phi) is 17.6. The molecule has 0 aliphatic heterocycles. The summed E-state index contributed by atoms with van der Waals surface area (Å²) in [6.45, 7) is 0. The van der Waals surface area contributed by atoms with Gasteiger partial charge in [-0.2, -0.15) is 8.39 Å². The van der Waals surface area contributed by atoms with Gasteiger partial charge < -0.3 is 34.5 Å². The molecule has 0 bridgehead atoms. The molecule has 15 heteroatoms. The first-order valence-electron chi connectivity index (χ1n) is 2.33. The summed E-state index contributed by atoms with van der Waals surface area (Å²) < 4.78 is 106. The zero-order valence-corrected chi connectivity index (χ0v) is 6.84. The van der Waals surface area contributed by atoms with Crippen LogP contribution in [0.4, 0.5) is 42.9 Å². The van der Waals surface area contributed by atoms with E-state index >= 15 is 0 Å². The second-order valence-corrected chi connectivity index (χ2v) is 1.67. The molecule has 0 fully saturated rings. The van der Waals surface area contributed by atoms with Crippen LogP contribution in [0.3, 0.4) is 0 Å². The van der Waals surface area contributed by atoms with E-state index in [1.165, 1.54) is 0 Å². The van der Waals surface area contributed by atoms with Crippen LogP contribution in [-0.2, 0) is 4.57 Å². The van der Waals surface area contributed by atoms with Gasteiger partial charge in [0.25, 0.3) is 0 Å². The Morgan fingerprint density at radius 3 is 0.667 bits per heavy atom. The summed E-state index contributed by atoms with van der Waals surface area (Å²) in [5.74, 6) is 0. The van der Waals surface area contributed by atoms with Gasteiger partial charge in [-0.3, -0.25) is 4.57 Å². The zero-order chi connectivity index (χ0) is 12.6. The molecule has 0 aromatic rings. The Labute approximate surface area is 90.0 Å². The van der Waals surface area contributed by atoms with E-state index in [1.54, 1.807) is 0 Å². The molecule has 0 saturated carbocycles. The van der Waals surface area contributed by atoms with E-state index in [0.717, 1.165) is 0 Å². The van der Waals surface area contributed by atoms with E-state index in [-0.39, 0.29) is 18.9 Å². The van der Waals surface area contributed by atoms with E-state index in [2.05, 4.69) is 0 Å². The van der Waals surface area contributed by atoms with Gasteiger partial charge in [0.2, 0.25) is 0 Å². The van der Waals surface area contributed by atoms with Gasteiger partial charge in [-0.15, -0.1) is 0 Å². The van der Waals surface area contributed by atoms with Crippen molar-refractivity contribution in [2.45, 2.75) is 0 Å². The number of rotatable bonds is 0. The molecule has 0 N–H and O–H groups in total. The fraction of sp³-hybridized carbons (Fsp3) is 0. The van der Waals surface area contributed by atoms with E-state index in [1.807, 2.05) is 0 Å². The summed E-state index contributed by atoms with van der Waals surface area (Å²) in [6, 6.07) is 0. The van der Waals surface area contributed by atoms with Crippen LogP contribution < -0.4 is 0 Å². The standard InChI is InChI=1S/2BF4.F2HOP.Li.H/c2*2-1(3,4)5;1-4(2)3;;/h;;4H;;/q2*-1;;;. The van der Waals surface area contributed by atoms with Gasteiger partial charge in [-0.25, -0.2) is 0 Å². The van der Waals surface area contributed by atoms with Crippen molar-refractivity contribution in [3.8, 4) is 0 Å². The second kappa shape index (κ2) is 10.8. The molecule has 0 radical (unpaired) electrons. The van der Waals surface area contributed by atoms with Gasteiger partial charge in [-0.1, -0.05) is 0 Å². The molecule has 0 aliphatic rings. The molecule has 15 heavy (non-hydrogen) atoms. The quantitative estimate of drug-likeness (QED) is 0.374. The van der Waals surface area contributed by atoms with Crippen molar-refractivity contribution in [2.24, 2.45) is 0 Å². The summed E-state index contributed by atoms with van der Waals surface area (Å²) in [6.07, 6.45) is 0. The maximum absolute atomic E-state index is 9.88. The van der Waals surface area contributed by atoms with Crippen LogP contribution in [0.15, 0.2) is 0 Å². The number of hydrogen-bond donors (Lipinski definition) is 0. The van der Waals surface area contributed by atoms with Crippen LogP contribution in [0.1, 0.15) is 0 Å². The number of hydrogen-bond acceptors (Lipinski definition) is 1. The monoisotopic (exact) mass is 268 g/mol. The minimum absolute atomic E-state index is 0. The van der Waals surface area contributed by atoms with Crippen molar-refractivity contribution < 1.29 is 47.5 Å². The van der Waals surface area contributed by atoms with Gasteiger partial charge in [0.15, 0.2) is 0 Å². The Balaban J connectivity index is -0.0000000590. The molecule has 0 saturated heterocycles. The molecule has 92 valence electrons. The van der Waals surface area contributed by atoms with Crippen LogP contribution >= 0.6 is 8.42 Å². The summed E-state index contributed by atoms with van der Waals surface area (Å²) in [5, 5.41) is 0. The first-order chi connectivity index (χ1) is 5.73. The summed E-state index contributed by atoms with van der Waals surface area (Å²) in [4.78, 5) is 0. The van der Waals surface area contributed by atoms with Gasteiger partial charge in [0.1, 0.15) is 0 Å². The maximum atomic E-state index is 9.88. The fourth-order valence-electron chi connectivity index (χ4n) is 0. The Morgan fingerprint density at radius 2 is 0.667 bits per heavy atom. The molecule has 0 atom stereocenters. The van der Waals surface area contributed by atoms with E-state index in [0.29, 0.717) is 0 Å². The number of halogens is 10. The second-order valence-electron chi connectivity index (χ2n) is 1.22. The SMILES string of the molecule is F[B-](F)(F)F.F[B-](F)(F)F.O=[PH](F)F.[LiH]. The Bertz CT molecular complexity index is 122. The summed E-state index contributed by atoms with van der Waals surface area (Å²) >= 11 is 0. The molecule has 0 aromatic carbocycles. The zero-order valence-electron chi connectivity index (χ0n) is 5.84. The third-order valence-corrected chi connectivity index (χ3v) is 0. The van der Waals surface area contributed by atoms with Crippen molar-refractivity contribution in [3.05, 3.63) is 0 Å². The van der Waals surface area contributed by atoms with Gasteiger partial charge in [-0.05, 0) is 0 Å². The van der Waals surface area contributed by atoms with Crippen molar-refractivity contribution >= 4 is 41.8 Å². The Morgan fingerprint density at radius 1 is 0.667 bits per heavy atom. The summed E-state index contributed by atoms with van der Waals surface area (Å²) in [5.41, 5.74) is 0. The molecule has 0 amide bonds. The normalized spacial score (nSPS) is 10.3. The molecule has 0 aliphatic carbocycles. The van der Waals surface area contributed by atoms with Crippen molar-refractivity contribution in [1.29, 1.82) is 0 Å². The van der Waals surface area contributed by atoms with Crippen LogP contribution in [0, 0.1) is 0 Å². The van der Waals surface area contributed by atoms with Gasteiger partial charge in [0, 0.05) is 0 Å². The first kappa shape index (κ1) is 24.5. The first-order valence-corrected chi connectivity index (χ1v) is 3.49. The average Bonchev–Trinajstić information content (AvgIpc) is 1.45. The molecule has 1 nitrogen and oxygen atoms in total. The molecule has 0 aromatic heterocycles. The predicted octanol–water partition coefficient (Wildman–Crippen LogP) is 3.27. The molecular weight excluding hydrogens is 266 g/mol. The van der Waals surface area contributed by atoms with Crippen LogP contribution in [0.25, 0.3) is 0 Å². The van der Waals surface area contributed by atoms with Crippen LogP contribution in [0.2, 0.25) is 0 Å². The minimum atomic E-state index is -6.00. The van der Waals surface area contributed by atoms with Crippen molar-refractivity contribution in [3.63, 3.8) is 0 Å². The van der Waals surface area contributed by atoms with Crippen LogP contribution in [-0.4, -0.2) is 33.4 Å². The molecule has 0 unspecified atom stereocenters. The van der Waals surface area contributed by atoms with Gasteiger partial charge in [0.05, 0.1) is 0 Å². The van der Waals surface area contributed by atoms with Gasteiger partial charge >= 0.3 is 41.8 Å². The average molecular weight is 268 g/mol. The van der Waals surface area contributed by atoms with E-state index < -0.39 is 22.9 Å². The van der Waals surface area contributed by atoms with Crippen molar-refractivity contribution in [2.75, 3.05) is 0 Å². The van der Waals surface area contributed by atoms with Crippen molar-refractivity contribution in [1.82, 2.24) is 0 Å². The third-order valence-electron chi connectivity index (χ3n) is 0. The molecule has 0 rings (SSSR count). The molecular formula is H2B2F10LiOP-2. The Hall–Kier alpha value is 0.257. The predicted molar refractivity (Wildman–Crippen MR) is 38.7 cm³/mol. The topological polar surface area (TPSA) is 17.1 Å². The molecule has 0 heterocycles. The van der Waals surface area contributed by atoms with Crippen LogP contribution in [0.5, 0.6) is 0 Å². The summed E-state index contributed by atoms with van der Waals surface area (Å²) in [7, 11) is -16.1. The fourth-order valence-corrected chi connectivity index (χ4v) is 0. The van der Waals surface area contributed by atoms with E-state index in [9.17, 15) is 42.9 Å². The van der Waals surface area contributed by atoms with E-state index in [4.69, 9.17) is 4.57 Å². The molecule has 0 spiro atoms. The third kappa shape index (κ3) is 32400.